The second-order valence-electron chi connectivity index (χ2n) is 3.75. The Kier molecular flexibility index (Phi) is 2.55. The third kappa shape index (κ3) is 1.52. The zero-order valence-corrected chi connectivity index (χ0v) is 8.67. The normalized spacial score (nSPS) is 28.2. The molecule has 1 aliphatic carbocycles. The number of allylic oxidation sites excluding steroid dienone is 1. The molecule has 0 amide bonds. The second kappa shape index (κ2) is 3.88. The van der Waals surface area contributed by atoms with Crippen LogP contribution in [0.2, 0.25) is 0 Å². The lowest BCUT2D eigenvalue weighted by Gasteiger charge is -2.31. The Morgan fingerprint density at radius 3 is 2.56 bits per heavy atom. The van der Waals surface area contributed by atoms with Gasteiger partial charge in [-0.1, -0.05) is 42.3 Å². The van der Waals surface area contributed by atoms with Gasteiger partial charge in [0.05, 0.1) is 6.10 Å². The van der Waals surface area contributed by atoms with Crippen molar-refractivity contribution in [2.24, 2.45) is 0 Å². The Labute approximate surface area is 94.6 Å². The number of hydrogen-bond donors (Lipinski definition) is 2. The van der Waals surface area contributed by atoms with E-state index in [0.29, 0.717) is 0 Å². The van der Waals surface area contributed by atoms with Gasteiger partial charge in [-0.25, -0.2) is 0 Å². The molecule has 0 bridgehead atoms. The molecule has 0 saturated heterocycles. The molecule has 80 valence electrons. The molecule has 0 radical (unpaired) electrons. The summed E-state index contributed by atoms with van der Waals surface area (Å²) in [6, 6.07) is 9.26. The number of benzene rings is 1. The van der Waals surface area contributed by atoms with E-state index in [1.807, 2.05) is 30.3 Å². The van der Waals surface area contributed by atoms with Gasteiger partial charge in [0.25, 0.3) is 0 Å². The summed E-state index contributed by atoms with van der Waals surface area (Å²) in [6.45, 7) is 0. The van der Waals surface area contributed by atoms with Crippen molar-refractivity contribution in [1.29, 1.82) is 0 Å². The van der Waals surface area contributed by atoms with Gasteiger partial charge in [0.15, 0.2) is 0 Å². The van der Waals surface area contributed by atoms with Crippen LogP contribution in [0.3, 0.4) is 0 Å². The van der Waals surface area contributed by atoms with E-state index in [9.17, 15) is 10.2 Å². The second-order valence-corrected chi connectivity index (χ2v) is 3.75. The molecule has 2 nitrogen and oxygen atoms in total. The van der Waals surface area contributed by atoms with Gasteiger partial charge in [-0.15, -0.1) is 6.42 Å². The molecule has 16 heavy (non-hydrogen) atoms. The van der Waals surface area contributed by atoms with E-state index in [4.69, 9.17) is 6.42 Å². The molecule has 2 heteroatoms. The van der Waals surface area contributed by atoms with Gasteiger partial charge in [-0.3, -0.25) is 0 Å². The molecule has 2 atom stereocenters. The van der Waals surface area contributed by atoms with E-state index >= 15 is 0 Å². The summed E-state index contributed by atoms with van der Waals surface area (Å²) < 4.78 is 0. The Hall–Kier alpha value is -1.98. The summed E-state index contributed by atoms with van der Waals surface area (Å²) in [5.41, 5.74) is -0.180. The molecular weight excluding hydrogens is 200 g/mol. The predicted molar refractivity (Wildman–Crippen MR) is 62.8 cm³/mol. The average molecular weight is 212 g/mol. The van der Waals surface area contributed by atoms with Gasteiger partial charge in [0, 0.05) is 0 Å². The third-order valence-electron chi connectivity index (χ3n) is 2.78. The lowest BCUT2D eigenvalue weighted by atomic mass is 9.74. The number of hydrogen-bond acceptors (Lipinski definition) is 2. The van der Waals surface area contributed by atoms with Crippen LogP contribution < -0.4 is 0 Å². The van der Waals surface area contributed by atoms with Crippen molar-refractivity contribution in [2.45, 2.75) is 11.5 Å². The highest BCUT2D eigenvalue weighted by molar-refractivity contribution is 5.47. The summed E-state index contributed by atoms with van der Waals surface area (Å²) in [4.78, 5) is 0. The van der Waals surface area contributed by atoms with Crippen molar-refractivity contribution in [3.8, 4) is 12.3 Å². The molecule has 0 aliphatic heterocycles. The van der Waals surface area contributed by atoms with Crippen LogP contribution in [0.5, 0.6) is 0 Å². The Balaban J connectivity index is 2.57. The van der Waals surface area contributed by atoms with Crippen molar-refractivity contribution in [1.82, 2.24) is 0 Å². The van der Waals surface area contributed by atoms with Crippen LogP contribution in [0.15, 0.2) is 54.3 Å². The SMILES string of the molecule is C#CC1(c2ccccc2)C=C(O)C=CC1O. The van der Waals surface area contributed by atoms with Gasteiger partial charge in [0.2, 0.25) is 0 Å². The predicted octanol–water partition coefficient (Wildman–Crippen LogP) is 1.93. The fourth-order valence-electron chi connectivity index (χ4n) is 1.89. The first-order valence-electron chi connectivity index (χ1n) is 5.00. The van der Waals surface area contributed by atoms with Crippen LogP contribution in [-0.2, 0) is 5.41 Å². The summed E-state index contributed by atoms with van der Waals surface area (Å²) in [6.07, 6.45) is 9.16. The van der Waals surface area contributed by atoms with Crippen LogP contribution in [0, 0.1) is 12.3 Å². The monoisotopic (exact) mass is 212 g/mol. The van der Waals surface area contributed by atoms with Gasteiger partial charge in [-0.2, -0.15) is 0 Å². The zero-order valence-electron chi connectivity index (χ0n) is 8.67. The maximum absolute atomic E-state index is 10.0. The minimum Gasteiger partial charge on any atom is -0.508 e. The third-order valence-corrected chi connectivity index (χ3v) is 2.78. The van der Waals surface area contributed by atoms with Crippen LogP contribution in [-0.4, -0.2) is 16.3 Å². The van der Waals surface area contributed by atoms with Crippen molar-refractivity contribution in [3.63, 3.8) is 0 Å². The molecule has 0 heterocycles. The van der Waals surface area contributed by atoms with Gasteiger partial charge in [0.1, 0.15) is 11.2 Å². The number of terminal acetylenes is 1. The van der Waals surface area contributed by atoms with Crippen molar-refractivity contribution in [2.75, 3.05) is 0 Å². The smallest absolute Gasteiger partial charge is 0.113 e. The highest BCUT2D eigenvalue weighted by atomic mass is 16.3. The largest absolute Gasteiger partial charge is 0.508 e. The first-order chi connectivity index (χ1) is 7.69. The molecule has 1 aliphatic rings. The average Bonchev–Trinajstić information content (AvgIpc) is 2.33. The summed E-state index contributed by atoms with van der Waals surface area (Å²) in [5.74, 6) is 2.65. The minimum atomic E-state index is -0.972. The lowest BCUT2D eigenvalue weighted by molar-refractivity contribution is 0.173. The molecule has 2 rings (SSSR count). The summed E-state index contributed by atoms with van der Waals surface area (Å²) >= 11 is 0. The van der Waals surface area contributed by atoms with Gasteiger partial charge >= 0.3 is 0 Å². The van der Waals surface area contributed by atoms with E-state index in [-0.39, 0.29) is 5.76 Å². The minimum absolute atomic E-state index is 0.0760. The van der Waals surface area contributed by atoms with E-state index < -0.39 is 11.5 Å². The molecule has 2 unspecified atom stereocenters. The molecule has 0 saturated carbocycles. The van der Waals surface area contributed by atoms with Crippen molar-refractivity contribution >= 4 is 0 Å². The van der Waals surface area contributed by atoms with Gasteiger partial charge < -0.3 is 10.2 Å². The Morgan fingerprint density at radius 2 is 1.94 bits per heavy atom. The highest BCUT2D eigenvalue weighted by Crippen LogP contribution is 2.33. The van der Waals surface area contributed by atoms with Crippen LogP contribution >= 0.6 is 0 Å². The molecule has 2 N–H and O–H groups in total. The molecule has 0 aromatic heterocycles. The van der Waals surface area contributed by atoms with Gasteiger partial charge in [-0.05, 0) is 17.7 Å². The van der Waals surface area contributed by atoms with E-state index in [0.717, 1.165) is 5.56 Å². The number of aliphatic hydroxyl groups excluding tert-OH is 2. The molecule has 0 fully saturated rings. The number of rotatable bonds is 1. The van der Waals surface area contributed by atoms with E-state index in [1.165, 1.54) is 18.2 Å². The molecule has 1 aromatic rings. The van der Waals surface area contributed by atoms with E-state index in [1.54, 1.807) is 0 Å². The summed E-state index contributed by atoms with van der Waals surface area (Å²) in [7, 11) is 0. The van der Waals surface area contributed by atoms with Crippen molar-refractivity contribution < 1.29 is 10.2 Å². The quantitative estimate of drug-likeness (QED) is 0.698. The summed E-state index contributed by atoms with van der Waals surface area (Å²) in [5, 5.41) is 19.5. The fraction of sp³-hybridized carbons (Fsp3) is 0.143. The molecular formula is C14H12O2. The first kappa shape index (κ1) is 10.5. The Morgan fingerprint density at radius 1 is 1.25 bits per heavy atom. The van der Waals surface area contributed by atoms with Crippen LogP contribution in [0.1, 0.15) is 5.56 Å². The van der Waals surface area contributed by atoms with Crippen LogP contribution in [0.25, 0.3) is 0 Å². The van der Waals surface area contributed by atoms with Crippen LogP contribution in [0.4, 0.5) is 0 Å². The number of aliphatic hydroxyl groups is 2. The zero-order chi connectivity index (χ0) is 11.6. The standard InChI is InChI=1S/C14H12O2/c1-2-14(11-6-4-3-5-7-11)10-12(15)8-9-13(14)16/h1,3-10,13,15-16H. The first-order valence-corrected chi connectivity index (χ1v) is 5.00. The fourth-order valence-corrected chi connectivity index (χ4v) is 1.89. The molecule has 1 aromatic carbocycles. The molecule has 0 spiro atoms. The lowest BCUT2D eigenvalue weighted by Crippen LogP contribution is -2.37. The Bertz CT molecular complexity index is 479. The highest BCUT2D eigenvalue weighted by Gasteiger charge is 2.36. The van der Waals surface area contributed by atoms with E-state index in [2.05, 4.69) is 5.92 Å². The maximum Gasteiger partial charge on any atom is 0.113 e. The topological polar surface area (TPSA) is 40.5 Å². The maximum atomic E-state index is 10.0. The van der Waals surface area contributed by atoms with Crippen molar-refractivity contribution in [3.05, 3.63) is 59.9 Å².